The highest BCUT2D eigenvalue weighted by Gasteiger charge is 2.27. The zero-order valence-corrected chi connectivity index (χ0v) is 24.4. The van der Waals surface area contributed by atoms with Gasteiger partial charge in [0.1, 0.15) is 0 Å². The summed E-state index contributed by atoms with van der Waals surface area (Å²) in [5.41, 5.74) is 4.06. The molecule has 208 valence electrons. The number of carboxylic acids is 1. The van der Waals surface area contributed by atoms with Crippen LogP contribution in [0.5, 0.6) is 0 Å². The van der Waals surface area contributed by atoms with Gasteiger partial charge in [-0.2, -0.15) is 0 Å². The van der Waals surface area contributed by atoms with Crippen LogP contribution in [0.25, 0.3) is 21.7 Å². The molecule has 6 rings (SSSR count). The topological polar surface area (TPSA) is 62.5 Å². The van der Waals surface area contributed by atoms with Crippen molar-refractivity contribution in [3.8, 4) is 0 Å². The standard InChI is InChI=1S/C34H31ClN2O3S/c1-36(33(38)24-7-3-4-8-24)27-15-17-30-29(19-27)32(35)31(37(30)20-22-10-12-25(13-11-22)34(39)40)21-41-28-16-14-23-6-2-5-9-26(23)18-28/h2,5-6,9-19,24H,3-4,7-8,20-21H2,1H3,(H,39,40). The van der Waals surface area contributed by atoms with E-state index in [-0.39, 0.29) is 17.4 Å². The number of nitrogens with zero attached hydrogens (tertiary/aromatic N) is 2. The first-order valence-corrected chi connectivity index (χ1v) is 15.3. The van der Waals surface area contributed by atoms with Crippen LogP contribution in [0.15, 0.2) is 89.8 Å². The van der Waals surface area contributed by atoms with Crippen LogP contribution >= 0.6 is 23.4 Å². The highest BCUT2D eigenvalue weighted by Crippen LogP contribution is 2.38. The van der Waals surface area contributed by atoms with Crippen LogP contribution in [0.2, 0.25) is 5.02 Å². The van der Waals surface area contributed by atoms with Gasteiger partial charge in [0.05, 0.1) is 16.1 Å². The zero-order chi connectivity index (χ0) is 28.5. The number of fused-ring (bicyclic) bond motifs is 2. The number of hydrogen-bond donors (Lipinski definition) is 1. The Morgan fingerprint density at radius 2 is 1.68 bits per heavy atom. The zero-order valence-electron chi connectivity index (χ0n) is 22.8. The van der Waals surface area contributed by atoms with Gasteiger partial charge >= 0.3 is 5.97 Å². The first-order chi connectivity index (χ1) is 19.9. The van der Waals surface area contributed by atoms with Gasteiger partial charge in [0.25, 0.3) is 0 Å². The van der Waals surface area contributed by atoms with E-state index in [1.165, 1.54) is 10.8 Å². The van der Waals surface area contributed by atoms with Crippen LogP contribution in [0.1, 0.15) is 47.3 Å². The van der Waals surface area contributed by atoms with Gasteiger partial charge in [0.2, 0.25) is 5.91 Å². The van der Waals surface area contributed by atoms with Gasteiger partial charge < -0.3 is 14.6 Å². The minimum absolute atomic E-state index is 0.0958. The minimum atomic E-state index is -0.942. The van der Waals surface area contributed by atoms with E-state index in [0.717, 1.165) is 58.4 Å². The fourth-order valence-electron chi connectivity index (χ4n) is 5.80. The number of hydrogen-bond acceptors (Lipinski definition) is 3. The smallest absolute Gasteiger partial charge is 0.335 e. The minimum Gasteiger partial charge on any atom is -0.478 e. The van der Waals surface area contributed by atoms with Crippen molar-refractivity contribution >= 4 is 62.6 Å². The summed E-state index contributed by atoms with van der Waals surface area (Å²) in [6, 6.07) is 27.9. The van der Waals surface area contributed by atoms with Crippen molar-refractivity contribution in [3.05, 3.63) is 107 Å². The number of anilines is 1. The molecule has 1 N–H and O–H groups in total. The van der Waals surface area contributed by atoms with Crippen molar-refractivity contribution in [2.75, 3.05) is 11.9 Å². The van der Waals surface area contributed by atoms with Crippen molar-refractivity contribution < 1.29 is 14.7 Å². The van der Waals surface area contributed by atoms with E-state index in [2.05, 4.69) is 34.9 Å². The van der Waals surface area contributed by atoms with Gasteiger partial charge in [-0.15, -0.1) is 11.8 Å². The predicted octanol–water partition coefficient (Wildman–Crippen LogP) is 8.64. The summed E-state index contributed by atoms with van der Waals surface area (Å²) >= 11 is 8.86. The number of aromatic nitrogens is 1. The largest absolute Gasteiger partial charge is 0.478 e. The maximum atomic E-state index is 13.2. The summed E-state index contributed by atoms with van der Waals surface area (Å²) in [6.07, 6.45) is 4.14. The molecule has 0 radical (unpaired) electrons. The molecule has 5 aromatic rings. The number of aromatic carboxylic acids is 1. The average molecular weight is 583 g/mol. The fraction of sp³-hybridized carbons (Fsp3) is 0.235. The molecule has 1 aliphatic rings. The Morgan fingerprint density at radius 3 is 2.41 bits per heavy atom. The van der Waals surface area contributed by atoms with E-state index in [9.17, 15) is 14.7 Å². The van der Waals surface area contributed by atoms with Crippen molar-refractivity contribution in [1.82, 2.24) is 4.57 Å². The Bertz CT molecular complexity index is 1760. The first-order valence-electron chi connectivity index (χ1n) is 13.9. The molecule has 1 saturated carbocycles. The van der Waals surface area contributed by atoms with E-state index in [0.29, 0.717) is 17.3 Å². The third-order valence-electron chi connectivity index (χ3n) is 8.15. The third-order valence-corrected chi connectivity index (χ3v) is 9.57. The highest BCUT2D eigenvalue weighted by atomic mass is 35.5. The molecule has 4 aromatic carbocycles. The molecular weight excluding hydrogens is 552 g/mol. The second-order valence-corrected chi connectivity index (χ2v) is 12.2. The van der Waals surface area contributed by atoms with Crippen LogP contribution in [0.4, 0.5) is 5.69 Å². The lowest BCUT2D eigenvalue weighted by Crippen LogP contribution is -2.31. The average Bonchev–Trinajstić information content (AvgIpc) is 3.62. The Morgan fingerprint density at radius 1 is 0.951 bits per heavy atom. The van der Waals surface area contributed by atoms with Gasteiger partial charge in [0.15, 0.2) is 0 Å². The Balaban J connectivity index is 1.36. The normalized spacial score (nSPS) is 13.7. The molecule has 0 spiro atoms. The molecule has 1 aromatic heterocycles. The van der Waals surface area contributed by atoms with Gasteiger partial charge in [0, 0.05) is 46.9 Å². The lowest BCUT2D eigenvalue weighted by molar-refractivity contribution is -0.121. The van der Waals surface area contributed by atoms with Crippen LogP contribution in [0.3, 0.4) is 0 Å². The van der Waals surface area contributed by atoms with Gasteiger partial charge in [-0.25, -0.2) is 4.79 Å². The van der Waals surface area contributed by atoms with Crippen molar-refractivity contribution in [2.24, 2.45) is 5.92 Å². The summed E-state index contributed by atoms with van der Waals surface area (Å²) in [4.78, 5) is 27.5. The summed E-state index contributed by atoms with van der Waals surface area (Å²) in [6.45, 7) is 0.549. The van der Waals surface area contributed by atoms with E-state index in [1.807, 2.05) is 49.5 Å². The van der Waals surface area contributed by atoms with Crippen molar-refractivity contribution in [3.63, 3.8) is 0 Å². The van der Waals surface area contributed by atoms with Gasteiger partial charge in [-0.3, -0.25) is 4.79 Å². The van der Waals surface area contributed by atoms with Gasteiger partial charge in [-0.1, -0.05) is 66.9 Å². The van der Waals surface area contributed by atoms with E-state index in [4.69, 9.17) is 11.6 Å². The summed E-state index contributed by atoms with van der Waals surface area (Å²) < 4.78 is 2.21. The van der Waals surface area contributed by atoms with E-state index in [1.54, 1.807) is 28.8 Å². The fourth-order valence-corrected chi connectivity index (χ4v) is 7.18. The lowest BCUT2D eigenvalue weighted by Gasteiger charge is -2.21. The van der Waals surface area contributed by atoms with Crippen LogP contribution < -0.4 is 4.90 Å². The highest BCUT2D eigenvalue weighted by molar-refractivity contribution is 7.98. The molecule has 1 heterocycles. The molecular formula is C34H31ClN2O3S. The first kappa shape index (κ1) is 27.4. The van der Waals surface area contributed by atoms with Crippen molar-refractivity contribution in [2.45, 2.75) is 42.9 Å². The molecule has 5 nitrogen and oxygen atoms in total. The number of carbonyl (C=O) groups excluding carboxylic acids is 1. The summed E-state index contributed by atoms with van der Waals surface area (Å²) in [7, 11) is 1.85. The predicted molar refractivity (Wildman–Crippen MR) is 168 cm³/mol. The second-order valence-electron chi connectivity index (χ2n) is 10.7. The van der Waals surface area contributed by atoms with E-state index < -0.39 is 5.97 Å². The monoisotopic (exact) mass is 582 g/mol. The Labute approximate surface area is 248 Å². The van der Waals surface area contributed by atoms with Crippen LogP contribution in [0, 0.1) is 5.92 Å². The number of rotatable bonds is 8. The van der Waals surface area contributed by atoms with Crippen LogP contribution in [-0.2, 0) is 17.1 Å². The molecule has 0 aliphatic heterocycles. The summed E-state index contributed by atoms with van der Waals surface area (Å²) in [5, 5.41) is 13.3. The van der Waals surface area contributed by atoms with Crippen LogP contribution in [-0.4, -0.2) is 28.6 Å². The number of carboxylic acid groups (broad SMARTS) is 1. The molecule has 1 fully saturated rings. The maximum Gasteiger partial charge on any atom is 0.335 e. The maximum absolute atomic E-state index is 13.2. The molecule has 1 aliphatic carbocycles. The molecule has 0 saturated heterocycles. The molecule has 0 bridgehead atoms. The number of carbonyl (C=O) groups is 2. The Hall–Kier alpha value is -3.74. The van der Waals surface area contributed by atoms with Gasteiger partial charge in [-0.05, 0) is 71.6 Å². The molecule has 41 heavy (non-hydrogen) atoms. The van der Waals surface area contributed by atoms with E-state index >= 15 is 0 Å². The molecule has 0 atom stereocenters. The quantitative estimate of drug-likeness (QED) is 0.186. The second kappa shape index (κ2) is 11.6. The molecule has 0 unspecified atom stereocenters. The SMILES string of the molecule is CN(C(=O)C1CCCC1)c1ccc2c(c1)c(Cl)c(CSc1ccc3ccccc3c1)n2Cc1ccc(C(=O)O)cc1. The third kappa shape index (κ3) is 5.59. The number of benzene rings is 4. The number of thioether (sulfide) groups is 1. The number of halogens is 1. The number of amides is 1. The molecule has 1 amide bonds. The lowest BCUT2D eigenvalue weighted by atomic mass is 10.1. The molecule has 7 heteroatoms. The summed E-state index contributed by atoms with van der Waals surface area (Å²) in [5.74, 6) is -0.0191. The van der Waals surface area contributed by atoms with Crippen molar-refractivity contribution in [1.29, 1.82) is 0 Å². The Kier molecular flexibility index (Phi) is 7.78.